The van der Waals surface area contributed by atoms with Crippen LogP contribution in [0.3, 0.4) is 0 Å². The van der Waals surface area contributed by atoms with Gasteiger partial charge in [-0.25, -0.2) is 4.79 Å². The van der Waals surface area contributed by atoms with Crippen molar-refractivity contribution in [2.75, 3.05) is 6.54 Å². The molecule has 0 aliphatic heterocycles. The number of hydrogen-bond acceptors (Lipinski definition) is 4. The predicted molar refractivity (Wildman–Crippen MR) is 92.6 cm³/mol. The van der Waals surface area contributed by atoms with Crippen LogP contribution in [0, 0.1) is 0 Å². The molecule has 0 bridgehead atoms. The second-order valence-electron chi connectivity index (χ2n) is 5.91. The van der Waals surface area contributed by atoms with Crippen molar-refractivity contribution >= 4 is 17.4 Å². The van der Waals surface area contributed by atoms with E-state index < -0.39 is 0 Å². The van der Waals surface area contributed by atoms with E-state index in [0.29, 0.717) is 12.6 Å². The van der Waals surface area contributed by atoms with Gasteiger partial charge in [-0.3, -0.25) is 0 Å². The summed E-state index contributed by atoms with van der Waals surface area (Å²) in [6.07, 6.45) is 2.70. The van der Waals surface area contributed by atoms with Crippen LogP contribution in [0.5, 0.6) is 0 Å². The number of nitrogens with one attached hydrogen (secondary N) is 2. The number of rotatable bonds is 7. The highest BCUT2D eigenvalue weighted by atomic mass is 32.1. The highest BCUT2D eigenvalue weighted by Gasteiger charge is 2.30. The summed E-state index contributed by atoms with van der Waals surface area (Å²) in [7, 11) is 0. The van der Waals surface area contributed by atoms with Crippen LogP contribution in [-0.2, 0) is 17.8 Å². The Morgan fingerprint density at radius 2 is 1.96 bits per heavy atom. The van der Waals surface area contributed by atoms with Crippen LogP contribution in [0.25, 0.3) is 0 Å². The molecule has 1 fully saturated rings. The molecule has 1 aliphatic rings. The lowest BCUT2D eigenvalue weighted by atomic mass is 9.87. The van der Waals surface area contributed by atoms with Gasteiger partial charge in [-0.2, -0.15) is 11.3 Å². The minimum atomic E-state index is -0.324. The third kappa shape index (κ3) is 5.08. The van der Waals surface area contributed by atoms with Crippen molar-refractivity contribution in [3.05, 3.63) is 58.3 Å². The molecule has 1 aromatic carbocycles. The molecule has 0 atom stereocenters. The van der Waals surface area contributed by atoms with Gasteiger partial charge in [-0.1, -0.05) is 30.3 Å². The van der Waals surface area contributed by atoms with Crippen LogP contribution in [0.4, 0.5) is 4.79 Å². The van der Waals surface area contributed by atoms with Crippen LogP contribution in [0.1, 0.15) is 24.0 Å². The zero-order valence-corrected chi connectivity index (χ0v) is 13.9. The van der Waals surface area contributed by atoms with Crippen LogP contribution < -0.4 is 10.6 Å². The Kier molecular flexibility index (Phi) is 5.66. The van der Waals surface area contributed by atoms with Crippen LogP contribution in [0.15, 0.2) is 47.2 Å². The van der Waals surface area contributed by atoms with Crippen molar-refractivity contribution in [1.29, 1.82) is 0 Å². The van der Waals surface area contributed by atoms with Gasteiger partial charge in [0.25, 0.3) is 0 Å². The number of benzene rings is 1. The summed E-state index contributed by atoms with van der Waals surface area (Å²) in [6, 6.07) is 12.6. The summed E-state index contributed by atoms with van der Waals surface area (Å²) in [5.41, 5.74) is 2.39. The average Bonchev–Trinajstić information content (AvgIpc) is 3.05. The van der Waals surface area contributed by atoms with Crippen molar-refractivity contribution in [3.8, 4) is 0 Å². The first-order valence-electron chi connectivity index (χ1n) is 8.01. The lowest BCUT2D eigenvalue weighted by Crippen LogP contribution is -2.52. The molecule has 0 radical (unpaired) electrons. The maximum Gasteiger partial charge on any atom is 0.407 e. The second kappa shape index (κ2) is 8.13. The molecule has 1 saturated carbocycles. The van der Waals surface area contributed by atoms with Gasteiger partial charge in [0.05, 0.1) is 0 Å². The number of hydrogen-bond donors (Lipinski definition) is 2. The maximum atomic E-state index is 11.7. The largest absolute Gasteiger partial charge is 0.445 e. The third-order valence-corrected chi connectivity index (χ3v) is 4.83. The quantitative estimate of drug-likeness (QED) is 0.819. The van der Waals surface area contributed by atoms with Crippen molar-refractivity contribution in [1.82, 2.24) is 10.6 Å². The summed E-state index contributed by atoms with van der Waals surface area (Å²) in [6.45, 7) is 1.31. The van der Waals surface area contributed by atoms with E-state index in [1.54, 1.807) is 11.3 Å². The lowest BCUT2D eigenvalue weighted by molar-refractivity contribution is 0.125. The molecule has 0 spiro atoms. The molecule has 23 heavy (non-hydrogen) atoms. The molecule has 2 aromatic rings. The van der Waals surface area contributed by atoms with E-state index in [4.69, 9.17) is 4.74 Å². The van der Waals surface area contributed by atoms with Crippen molar-refractivity contribution in [2.24, 2.45) is 0 Å². The van der Waals surface area contributed by atoms with Gasteiger partial charge >= 0.3 is 6.09 Å². The summed E-state index contributed by atoms with van der Waals surface area (Å²) >= 11 is 1.74. The van der Waals surface area contributed by atoms with Gasteiger partial charge in [-0.05, 0) is 53.8 Å². The monoisotopic (exact) mass is 330 g/mol. The van der Waals surface area contributed by atoms with Gasteiger partial charge in [0.15, 0.2) is 0 Å². The fraction of sp³-hybridized carbons (Fsp3) is 0.389. The van der Waals surface area contributed by atoms with Crippen LogP contribution >= 0.6 is 11.3 Å². The molecule has 2 N–H and O–H groups in total. The highest BCUT2D eigenvalue weighted by Crippen LogP contribution is 2.20. The van der Waals surface area contributed by atoms with Crippen molar-refractivity contribution < 1.29 is 9.53 Å². The third-order valence-electron chi connectivity index (χ3n) is 4.10. The van der Waals surface area contributed by atoms with Crippen LogP contribution in [0.2, 0.25) is 0 Å². The molecule has 1 aromatic heterocycles. The average molecular weight is 330 g/mol. The maximum absolute atomic E-state index is 11.7. The molecule has 1 aliphatic carbocycles. The summed E-state index contributed by atoms with van der Waals surface area (Å²) < 4.78 is 5.23. The topological polar surface area (TPSA) is 50.4 Å². The minimum Gasteiger partial charge on any atom is -0.445 e. The fourth-order valence-corrected chi connectivity index (χ4v) is 3.39. The fourth-order valence-electron chi connectivity index (χ4n) is 2.69. The smallest absolute Gasteiger partial charge is 0.407 e. The summed E-state index contributed by atoms with van der Waals surface area (Å²) in [5.74, 6) is 0. The molecule has 122 valence electrons. The van der Waals surface area contributed by atoms with E-state index >= 15 is 0 Å². The molecular formula is C18H22N2O2S. The number of thiophene rings is 1. The molecular weight excluding hydrogens is 308 g/mol. The van der Waals surface area contributed by atoms with Crippen molar-refractivity contribution in [3.63, 3.8) is 0 Å². The Bertz CT molecular complexity index is 595. The molecule has 4 nitrogen and oxygen atoms in total. The predicted octanol–water partition coefficient (Wildman–Crippen LogP) is 3.34. The molecule has 3 rings (SSSR count). The zero-order valence-electron chi connectivity index (χ0n) is 13.0. The van der Waals surface area contributed by atoms with E-state index in [0.717, 1.165) is 31.4 Å². The summed E-state index contributed by atoms with van der Waals surface area (Å²) in [5, 5.41) is 10.8. The summed E-state index contributed by atoms with van der Waals surface area (Å²) in [4.78, 5) is 11.7. The Balaban J connectivity index is 1.25. The van der Waals surface area contributed by atoms with E-state index in [2.05, 4.69) is 27.5 Å². The first-order chi connectivity index (χ1) is 11.3. The molecule has 0 saturated heterocycles. The Labute approximate surface area is 140 Å². The van der Waals surface area contributed by atoms with Gasteiger partial charge in [0, 0.05) is 12.1 Å². The zero-order chi connectivity index (χ0) is 15.9. The normalized spacial score (nSPS) is 19.8. The lowest BCUT2D eigenvalue weighted by Gasteiger charge is -2.36. The SMILES string of the molecule is O=C(NC1CC(NCCc2ccsc2)C1)OCc1ccccc1. The van der Waals surface area contributed by atoms with Crippen molar-refractivity contribution in [2.45, 2.75) is 38.0 Å². The Morgan fingerprint density at radius 1 is 1.13 bits per heavy atom. The van der Waals surface area contributed by atoms with Gasteiger partial charge in [-0.15, -0.1) is 0 Å². The van der Waals surface area contributed by atoms with E-state index in [1.807, 2.05) is 30.3 Å². The van der Waals surface area contributed by atoms with Crippen LogP contribution in [-0.4, -0.2) is 24.7 Å². The standard InChI is InChI=1S/C18H22N2O2S/c21-18(22-12-14-4-2-1-3-5-14)20-17-10-16(11-17)19-8-6-15-7-9-23-13-15/h1-5,7,9,13,16-17,19H,6,8,10-12H2,(H,20,21). The molecule has 1 heterocycles. The number of amides is 1. The van der Waals surface area contributed by atoms with E-state index in [9.17, 15) is 4.79 Å². The highest BCUT2D eigenvalue weighted by molar-refractivity contribution is 7.07. The molecule has 0 unspecified atom stereocenters. The Morgan fingerprint density at radius 3 is 2.70 bits per heavy atom. The number of carbonyl (C=O) groups excluding carboxylic acids is 1. The van der Waals surface area contributed by atoms with Gasteiger partial charge < -0.3 is 15.4 Å². The number of carbonyl (C=O) groups is 1. The number of ether oxygens (including phenoxy) is 1. The van der Waals surface area contributed by atoms with E-state index in [-0.39, 0.29) is 12.1 Å². The van der Waals surface area contributed by atoms with Gasteiger partial charge in [0.1, 0.15) is 6.61 Å². The Hall–Kier alpha value is -1.85. The minimum absolute atomic E-state index is 0.233. The van der Waals surface area contributed by atoms with E-state index in [1.165, 1.54) is 5.56 Å². The first kappa shape index (κ1) is 16.0. The molecule has 1 amide bonds. The molecule has 5 heteroatoms. The van der Waals surface area contributed by atoms with Gasteiger partial charge in [0.2, 0.25) is 0 Å². The number of alkyl carbamates (subject to hydrolysis) is 1. The second-order valence-corrected chi connectivity index (χ2v) is 6.69. The first-order valence-corrected chi connectivity index (χ1v) is 8.95.